The number of rotatable bonds is 5. The lowest BCUT2D eigenvalue weighted by atomic mass is 10.1. The van der Waals surface area contributed by atoms with Crippen molar-refractivity contribution in [3.63, 3.8) is 0 Å². The average molecular weight is 354 g/mol. The molecule has 0 fully saturated rings. The molecule has 134 valence electrons. The number of ketones is 1. The predicted molar refractivity (Wildman–Crippen MR) is 92.8 cm³/mol. The molecule has 0 saturated heterocycles. The molecule has 1 aromatic carbocycles. The zero-order valence-corrected chi connectivity index (χ0v) is 14.6. The number of hydrogen-bond acceptors (Lipinski definition) is 6. The highest BCUT2D eigenvalue weighted by molar-refractivity contribution is 6.00. The number of Topliss-reactive ketones (excluding diaryl/α,β-unsaturated/α-hetero) is 1. The Hall–Kier alpha value is -3.35. The first-order chi connectivity index (χ1) is 12.4. The van der Waals surface area contributed by atoms with Crippen molar-refractivity contribution in [2.75, 3.05) is 6.61 Å². The van der Waals surface area contributed by atoms with Crippen LogP contribution in [-0.4, -0.2) is 33.2 Å². The molecule has 0 aliphatic heterocycles. The Morgan fingerprint density at radius 2 is 1.96 bits per heavy atom. The Balaban J connectivity index is 1.75. The Bertz CT molecular complexity index is 984. The molecule has 1 N–H and O–H groups in total. The first kappa shape index (κ1) is 17.5. The van der Waals surface area contributed by atoms with Gasteiger partial charge < -0.3 is 14.4 Å². The summed E-state index contributed by atoms with van der Waals surface area (Å²) in [4.78, 5) is 24.5. The fourth-order valence-electron chi connectivity index (χ4n) is 2.78. The van der Waals surface area contributed by atoms with Crippen LogP contribution in [0.5, 0.6) is 5.75 Å². The van der Waals surface area contributed by atoms with Crippen molar-refractivity contribution >= 4 is 11.8 Å². The van der Waals surface area contributed by atoms with E-state index in [9.17, 15) is 14.7 Å². The molecule has 0 atom stereocenters. The van der Waals surface area contributed by atoms with E-state index in [4.69, 9.17) is 9.26 Å². The predicted octanol–water partition coefficient (Wildman–Crippen LogP) is 3.14. The number of carbonyl (C=O) groups excluding carboxylic acids is 2. The number of benzene rings is 1. The lowest BCUT2D eigenvalue weighted by Crippen LogP contribution is -2.15. The Morgan fingerprint density at radius 3 is 2.62 bits per heavy atom. The summed E-state index contributed by atoms with van der Waals surface area (Å²) in [6.45, 7) is 5.04. The summed E-state index contributed by atoms with van der Waals surface area (Å²) in [6, 6.07) is 9.26. The van der Waals surface area contributed by atoms with Gasteiger partial charge in [-0.15, -0.1) is 0 Å². The molecule has 0 aliphatic rings. The second kappa shape index (κ2) is 6.87. The van der Waals surface area contributed by atoms with Crippen LogP contribution in [0.25, 0.3) is 5.82 Å². The fourth-order valence-corrected chi connectivity index (χ4v) is 2.78. The maximum Gasteiger partial charge on any atom is 0.338 e. The van der Waals surface area contributed by atoms with E-state index in [-0.39, 0.29) is 17.1 Å². The highest BCUT2D eigenvalue weighted by atomic mass is 16.5. The molecule has 2 aromatic heterocycles. The number of aromatic nitrogens is 2. The summed E-state index contributed by atoms with van der Waals surface area (Å²) in [5.41, 5.74) is 2.14. The SMILES string of the molecule is Cc1cc(-n2c(C)cc(C(=O)COC(=O)c3cccc(O)c3)c2C)no1. The van der Waals surface area contributed by atoms with Crippen LogP contribution in [0, 0.1) is 20.8 Å². The molecule has 0 radical (unpaired) electrons. The summed E-state index contributed by atoms with van der Waals surface area (Å²) in [6.07, 6.45) is 0. The molecule has 0 amide bonds. The van der Waals surface area contributed by atoms with Crippen LogP contribution >= 0.6 is 0 Å². The van der Waals surface area contributed by atoms with Gasteiger partial charge in [-0.1, -0.05) is 11.2 Å². The first-order valence-corrected chi connectivity index (χ1v) is 7.99. The number of esters is 1. The van der Waals surface area contributed by atoms with Gasteiger partial charge in [-0.25, -0.2) is 4.79 Å². The summed E-state index contributed by atoms with van der Waals surface area (Å²) < 4.78 is 12.0. The third kappa shape index (κ3) is 3.37. The lowest BCUT2D eigenvalue weighted by Gasteiger charge is -2.06. The summed E-state index contributed by atoms with van der Waals surface area (Å²) in [7, 11) is 0. The minimum atomic E-state index is -0.671. The van der Waals surface area contributed by atoms with E-state index in [2.05, 4.69) is 5.16 Å². The van der Waals surface area contributed by atoms with Gasteiger partial charge in [-0.05, 0) is 45.0 Å². The van der Waals surface area contributed by atoms with Crippen LogP contribution in [0.15, 0.2) is 40.9 Å². The summed E-state index contributed by atoms with van der Waals surface area (Å²) in [5, 5.41) is 13.4. The maximum atomic E-state index is 12.5. The van der Waals surface area contributed by atoms with Crippen LogP contribution < -0.4 is 0 Å². The third-order valence-corrected chi connectivity index (χ3v) is 3.99. The smallest absolute Gasteiger partial charge is 0.338 e. The topological polar surface area (TPSA) is 94.6 Å². The van der Waals surface area contributed by atoms with Gasteiger partial charge in [0, 0.05) is 23.0 Å². The van der Waals surface area contributed by atoms with Crippen molar-refractivity contribution in [2.24, 2.45) is 0 Å². The molecular formula is C19H18N2O5. The van der Waals surface area contributed by atoms with Crippen molar-refractivity contribution in [3.8, 4) is 11.6 Å². The molecule has 7 nitrogen and oxygen atoms in total. The van der Waals surface area contributed by atoms with Crippen LogP contribution in [0.3, 0.4) is 0 Å². The standard InChI is InChI=1S/C19H18N2O5/c1-11-7-16(13(3)21(11)18-8-12(2)26-20-18)17(23)10-25-19(24)14-5-4-6-15(22)9-14/h4-9,22H,10H2,1-3H3. The van der Waals surface area contributed by atoms with Crippen molar-refractivity contribution in [1.82, 2.24) is 9.72 Å². The number of aryl methyl sites for hydroxylation is 2. The lowest BCUT2D eigenvalue weighted by molar-refractivity contribution is 0.0474. The monoisotopic (exact) mass is 354 g/mol. The number of phenols is 1. The zero-order valence-electron chi connectivity index (χ0n) is 14.6. The maximum absolute atomic E-state index is 12.5. The van der Waals surface area contributed by atoms with Crippen molar-refractivity contribution in [1.29, 1.82) is 0 Å². The largest absolute Gasteiger partial charge is 0.508 e. The number of aromatic hydroxyl groups is 1. The average Bonchev–Trinajstić information content (AvgIpc) is 3.15. The number of phenolic OH excluding ortho intramolecular Hbond substituents is 1. The van der Waals surface area contributed by atoms with Crippen LogP contribution in [-0.2, 0) is 4.74 Å². The molecule has 26 heavy (non-hydrogen) atoms. The molecular weight excluding hydrogens is 336 g/mol. The highest BCUT2D eigenvalue weighted by Gasteiger charge is 2.20. The normalized spacial score (nSPS) is 10.7. The quantitative estimate of drug-likeness (QED) is 0.559. The van der Waals surface area contributed by atoms with Crippen molar-refractivity contribution in [2.45, 2.75) is 20.8 Å². The van der Waals surface area contributed by atoms with Crippen molar-refractivity contribution < 1.29 is 24.0 Å². The molecule has 0 saturated carbocycles. The van der Waals surface area contributed by atoms with Crippen LogP contribution in [0.4, 0.5) is 0 Å². The van der Waals surface area contributed by atoms with E-state index in [1.165, 1.54) is 24.3 Å². The van der Waals surface area contributed by atoms with Crippen LogP contribution in [0.1, 0.15) is 37.9 Å². The molecule has 0 unspecified atom stereocenters. The Kier molecular flexibility index (Phi) is 4.62. The molecule has 0 spiro atoms. The Labute approximate surface area is 149 Å². The van der Waals surface area contributed by atoms with Gasteiger partial charge in [0.1, 0.15) is 11.5 Å². The number of nitrogens with zero attached hydrogens (tertiary/aromatic N) is 2. The van der Waals surface area contributed by atoms with Gasteiger partial charge in [0.05, 0.1) is 5.56 Å². The third-order valence-electron chi connectivity index (χ3n) is 3.99. The van der Waals surface area contributed by atoms with Gasteiger partial charge in [0.15, 0.2) is 12.4 Å². The minimum Gasteiger partial charge on any atom is -0.508 e. The second-order valence-electron chi connectivity index (χ2n) is 5.97. The van der Waals surface area contributed by atoms with Crippen molar-refractivity contribution in [3.05, 3.63) is 64.7 Å². The van der Waals surface area contributed by atoms with E-state index >= 15 is 0 Å². The van der Waals surface area contributed by atoms with Gasteiger partial charge in [0.2, 0.25) is 5.78 Å². The highest BCUT2D eigenvalue weighted by Crippen LogP contribution is 2.21. The van der Waals surface area contributed by atoms with E-state index < -0.39 is 12.6 Å². The molecule has 7 heteroatoms. The molecule has 0 bridgehead atoms. The van der Waals surface area contributed by atoms with Crippen LogP contribution in [0.2, 0.25) is 0 Å². The zero-order chi connectivity index (χ0) is 18.8. The van der Waals surface area contributed by atoms with Gasteiger partial charge in [-0.2, -0.15) is 0 Å². The van der Waals surface area contributed by atoms with E-state index in [0.29, 0.717) is 22.8 Å². The van der Waals surface area contributed by atoms with Gasteiger partial charge in [-0.3, -0.25) is 9.36 Å². The second-order valence-corrected chi connectivity index (χ2v) is 5.97. The molecule has 0 aliphatic carbocycles. The summed E-state index contributed by atoms with van der Waals surface area (Å²) in [5.74, 6) is 0.221. The number of carbonyl (C=O) groups is 2. The van der Waals surface area contributed by atoms with Gasteiger partial charge in [0.25, 0.3) is 0 Å². The molecule has 3 aromatic rings. The minimum absolute atomic E-state index is 0.0442. The van der Waals surface area contributed by atoms with E-state index in [1.54, 1.807) is 30.5 Å². The fraction of sp³-hybridized carbons (Fsp3) is 0.211. The first-order valence-electron chi connectivity index (χ1n) is 7.99. The number of hydrogen-bond donors (Lipinski definition) is 1. The summed E-state index contributed by atoms with van der Waals surface area (Å²) >= 11 is 0. The van der Waals surface area contributed by atoms with E-state index in [0.717, 1.165) is 5.69 Å². The molecule has 3 rings (SSSR count). The Morgan fingerprint density at radius 1 is 1.19 bits per heavy atom. The molecule has 2 heterocycles. The number of ether oxygens (including phenoxy) is 1. The van der Waals surface area contributed by atoms with Gasteiger partial charge >= 0.3 is 5.97 Å². The van der Waals surface area contributed by atoms with E-state index in [1.807, 2.05) is 6.92 Å².